The standard InChI is InChI=1S/C15H21NO6/c1-9-12(14(19)13(18)11(7-17)22-9)16-15(20)21-8-10-5-3-2-4-6-10/h2-6,9,11-14,17-19H,7-8H2,1H3,(H,16,20). The third kappa shape index (κ3) is 3.95. The maximum absolute atomic E-state index is 11.8. The van der Waals surface area contributed by atoms with Crippen molar-refractivity contribution in [3.63, 3.8) is 0 Å². The van der Waals surface area contributed by atoms with Crippen LogP contribution < -0.4 is 5.32 Å². The zero-order valence-electron chi connectivity index (χ0n) is 12.3. The second-order valence-corrected chi connectivity index (χ2v) is 5.28. The molecule has 1 aliphatic heterocycles. The number of benzene rings is 1. The van der Waals surface area contributed by atoms with Crippen LogP contribution in [-0.2, 0) is 16.1 Å². The van der Waals surface area contributed by atoms with Gasteiger partial charge in [-0.05, 0) is 12.5 Å². The SMILES string of the molecule is CC1OC(CO)C(O)C(O)C1NC(=O)OCc1ccccc1. The molecule has 5 unspecified atom stereocenters. The minimum atomic E-state index is -1.28. The zero-order valence-corrected chi connectivity index (χ0v) is 12.3. The molecule has 1 saturated heterocycles. The lowest BCUT2D eigenvalue weighted by atomic mass is 9.94. The van der Waals surface area contributed by atoms with Crippen molar-refractivity contribution in [1.82, 2.24) is 5.32 Å². The predicted octanol–water partition coefficient (Wildman–Crippen LogP) is -0.217. The molecule has 0 spiro atoms. The molecule has 1 aromatic rings. The highest BCUT2D eigenvalue weighted by molar-refractivity contribution is 5.67. The third-order valence-corrected chi connectivity index (χ3v) is 3.67. The molecule has 1 heterocycles. The topological polar surface area (TPSA) is 108 Å². The Bertz CT molecular complexity index is 482. The van der Waals surface area contributed by atoms with E-state index in [1.54, 1.807) is 6.92 Å². The molecule has 122 valence electrons. The molecule has 0 radical (unpaired) electrons. The van der Waals surface area contributed by atoms with E-state index < -0.39 is 43.2 Å². The molecule has 1 aliphatic rings. The fraction of sp³-hybridized carbons (Fsp3) is 0.533. The number of rotatable bonds is 4. The zero-order chi connectivity index (χ0) is 16.1. The van der Waals surface area contributed by atoms with Gasteiger partial charge in [-0.25, -0.2) is 4.79 Å². The number of aliphatic hydroxyl groups is 3. The highest BCUT2D eigenvalue weighted by Gasteiger charge is 2.43. The smallest absolute Gasteiger partial charge is 0.407 e. The monoisotopic (exact) mass is 311 g/mol. The highest BCUT2D eigenvalue weighted by Crippen LogP contribution is 2.21. The molecular weight excluding hydrogens is 290 g/mol. The fourth-order valence-electron chi connectivity index (χ4n) is 2.41. The van der Waals surface area contributed by atoms with Crippen molar-refractivity contribution in [3.8, 4) is 0 Å². The molecule has 2 rings (SSSR count). The Kier molecular flexibility index (Phi) is 5.73. The van der Waals surface area contributed by atoms with Crippen LogP contribution in [0.4, 0.5) is 4.79 Å². The van der Waals surface area contributed by atoms with E-state index in [-0.39, 0.29) is 6.61 Å². The Morgan fingerprint density at radius 1 is 1.27 bits per heavy atom. The summed E-state index contributed by atoms with van der Waals surface area (Å²) < 4.78 is 10.4. The molecule has 0 bridgehead atoms. The van der Waals surface area contributed by atoms with Crippen LogP contribution in [0.5, 0.6) is 0 Å². The van der Waals surface area contributed by atoms with Crippen molar-refractivity contribution in [1.29, 1.82) is 0 Å². The summed E-state index contributed by atoms with van der Waals surface area (Å²) in [7, 11) is 0. The molecule has 7 heteroatoms. The van der Waals surface area contributed by atoms with Crippen LogP contribution in [0, 0.1) is 0 Å². The van der Waals surface area contributed by atoms with Gasteiger partial charge >= 0.3 is 6.09 Å². The summed E-state index contributed by atoms with van der Waals surface area (Å²) in [6.45, 7) is 1.33. The van der Waals surface area contributed by atoms with E-state index >= 15 is 0 Å². The average molecular weight is 311 g/mol. The van der Waals surface area contributed by atoms with Crippen LogP contribution >= 0.6 is 0 Å². The molecule has 22 heavy (non-hydrogen) atoms. The normalized spacial score (nSPS) is 31.5. The summed E-state index contributed by atoms with van der Waals surface area (Å²) in [6.07, 6.45) is -4.67. The molecule has 1 amide bonds. The van der Waals surface area contributed by atoms with Crippen molar-refractivity contribution < 1.29 is 29.6 Å². The average Bonchev–Trinajstić information content (AvgIpc) is 2.54. The summed E-state index contributed by atoms with van der Waals surface area (Å²) in [5, 5.41) is 31.4. The quantitative estimate of drug-likeness (QED) is 0.612. The highest BCUT2D eigenvalue weighted by atomic mass is 16.6. The van der Waals surface area contributed by atoms with E-state index in [4.69, 9.17) is 14.6 Å². The first-order valence-electron chi connectivity index (χ1n) is 7.12. The van der Waals surface area contributed by atoms with Crippen molar-refractivity contribution in [3.05, 3.63) is 35.9 Å². The number of ether oxygens (including phenoxy) is 2. The minimum Gasteiger partial charge on any atom is -0.445 e. The van der Waals surface area contributed by atoms with Crippen LogP contribution in [0.3, 0.4) is 0 Å². The van der Waals surface area contributed by atoms with Crippen molar-refractivity contribution in [2.24, 2.45) is 0 Å². The van der Waals surface area contributed by atoms with Crippen LogP contribution in [0.25, 0.3) is 0 Å². The van der Waals surface area contributed by atoms with E-state index in [2.05, 4.69) is 5.32 Å². The van der Waals surface area contributed by atoms with E-state index in [9.17, 15) is 15.0 Å². The molecule has 0 saturated carbocycles. The van der Waals surface area contributed by atoms with E-state index in [1.165, 1.54) is 0 Å². The lowest BCUT2D eigenvalue weighted by molar-refractivity contribution is -0.188. The Labute approximate surface area is 128 Å². The predicted molar refractivity (Wildman–Crippen MR) is 77.0 cm³/mol. The van der Waals surface area contributed by atoms with Crippen LogP contribution in [0.15, 0.2) is 30.3 Å². The van der Waals surface area contributed by atoms with Crippen LogP contribution in [0.1, 0.15) is 12.5 Å². The molecule has 5 atom stereocenters. The molecule has 0 aromatic heterocycles. The number of carbonyl (C=O) groups is 1. The van der Waals surface area contributed by atoms with Crippen LogP contribution in [-0.4, -0.2) is 58.5 Å². The number of hydrogen-bond donors (Lipinski definition) is 4. The number of hydrogen-bond acceptors (Lipinski definition) is 6. The molecule has 0 aliphatic carbocycles. The lowest BCUT2D eigenvalue weighted by Crippen LogP contribution is -2.63. The van der Waals surface area contributed by atoms with Gasteiger partial charge in [0.05, 0.1) is 18.8 Å². The van der Waals surface area contributed by atoms with Gasteiger partial charge in [-0.3, -0.25) is 0 Å². The number of aliphatic hydroxyl groups excluding tert-OH is 3. The second-order valence-electron chi connectivity index (χ2n) is 5.28. The van der Waals surface area contributed by atoms with Crippen molar-refractivity contribution in [2.45, 2.75) is 44.0 Å². The van der Waals surface area contributed by atoms with Gasteiger partial charge in [0.15, 0.2) is 0 Å². The maximum atomic E-state index is 11.8. The minimum absolute atomic E-state index is 0.104. The largest absolute Gasteiger partial charge is 0.445 e. The summed E-state index contributed by atoms with van der Waals surface area (Å²) in [5.74, 6) is 0. The van der Waals surface area contributed by atoms with E-state index in [1.807, 2.05) is 30.3 Å². The van der Waals surface area contributed by atoms with Gasteiger partial charge < -0.3 is 30.1 Å². The Balaban J connectivity index is 1.87. The van der Waals surface area contributed by atoms with Gasteiger partial charge in [0.2, 0.25) is 0 Å². The van der Waals surface area contributed by atoms with Crippen LogP contribution in [0.2, 0.25) is 0 Å². The van der Waals surface area contributed by atoms with Gasteiger partial charge in [-0.2, -0.15) is 0 Å². The van der Waals surface area contributed by atoms with E-state index in [0.29, 0.717) is 0 Å². The Morgan fingerprint density at radius 2 is 1.95 bits per heavy atom. The molecule has 4 N–H and O–H groups in total. The first-order valence-corrected chi connectivity index (χ1v) is 7.12. The summed E-state index contributed by atoms with van der Waals surface area (Å²) in [5.41, 5.74) is 0.839. The van der Waals surface area contributed by atoms with Gasteiger partial charge in [-0.15, -0.1) is 0 Å². The summed E-state index contributed by atoms with van der Waals surface area (Å²) >= 11 is 0. The molecule has 7 nitrogen and oxygen atoms in total. The first kappa shape index (κ1) is 16.7. The second kappa shape index (κ2) is 7.55. The van der Waals surface area contributed by atoms with Gasteiger partial charge in [0.1, 0.15) is 24.9 Å². The maximum Gasteiger partial charge on any atom is 0.407 e. The van der Waals surface area contributed by atoms with Gasteiger partial charge in [0, 0.05) is 0 Å². The number of nitrogens with one attached hydrogen (secondary N) is 1. The first-order chi connectivity index (χ1) is 10.5. The summed E-state index contributed by atoms with van der Waals surface area (Å²) in [6, 6.07) is 8.36. The number of carbonyl (C=O) groups excluding carboxylic acids is 1. The Morgan fingerprint density at radius 3 is 2.59 bits per heavy atom. The Hall–Kier alpha value is -1.67. The lowest BCUT2D eigenvalue weighted by Gasteiger charge is -2.41. The summed E-state index contributed by atoms with van der Waals surface area (Å²) in [4.78, 5) is 11.8. The molecule has 1 fully saturated rings. The third-order valence-electron chi connectivity index (χ3n) is 3.67. The fourth-order valence-corrected chi connectivity index (χ4v) is 2.41. The molecule has 1 aromatic carbocycles. The van der Waals surface area contributed by atoms with Gasteiger partial charge in [0.25, 0.3) is 0 Å². The molecular formula is C15H21NO6. The number of amides is 1. The number of alkyl carbamates (subject to hydrolysis) is 1. The van der Waals surface area contributed by atoms with Crippen molar-refractivity contribution >= 4 is 6.09 Å². The van der Waals surface area contributed by atoms with Gasteiger partial charge in [-0.1, -0.05) is 30.3 Å². The van der Waals surface area contributed by atoms with E-state index in [0.717, 1.165) is 5.56 Å². The van der Waals surface area contributed by atoms with Crippen molar-refractivity contribution in [2.75, 3.05) is 6.61 Å².